The molecule has 1 heterocycles. The molecule has 6 nitrogen and oxygen atoms in total. The van der Waals surface area contributed by atoms with Crippen molar-refractivity contribution < 1.29 is 13.2 Å². The first-order valence-electron chi connectivity index (χ1n) is 10.5. The SMILES string of the molecule is CCCN1CCC(NC(=O)c2ccccc2NS(=O)(=O)c2cc(C)ccc2C)CC1. The lowest BCUT2D eigenvalue weighted by molar-refractivity contribution is 0.0912. The number of piperidine rings is 1. The van der Waals surface area contributed by atoms with Gasteiger partial charge in [-0.1, -0.05) is 31.2 Å². The normalized spacial score (nSPS) is 15.7. The Balaban J connectivity index is 1.74. The summed E-state index contributed by atoms with van der Waals surface area (Å²) in [7, 11) is -3.81. The minimum absolute atomic E-state index is 0.106. The first kappa shape index (κ1) is 22.3. The van der Waals surface area contributed by atoms with Crippen LogP contribution < -0.4 is 10.0 Å². The number of hydrogen-bond acceptors (Lipinski definition) is 4. The number of anilines is 1. The largest absolute Gasteiger partial charge is 0.349 e. The first-order valence-corrected chi connectivity index (χ1v) is 12.0. The summed E-state index contributed by atoms with van der Waals surface area (Å²) in [4.78, 5) is 15.6. The Hall–Kier alpha value is -2.38. The molecule has 0 aliphatic carbocycles. The van der Waals surface area contributed by atoms with E-state index in [1.807, 2.05) is 13.0 Å². The van der Waals surface area contributed by atoms with Crippen molar-refractivity contribution in [2.45, 2.75) is 51.0 Å². The van der Waals surface area contributed by atoms with Crippen molar-refractivity contribution >= 4 is 21.6 Å². The predicted octanol–water partition coefficient (Wildman–Crippen LogP) is 3.71. The lowest BCUT2D eigenvalue weighted by atomic mass is 10.0. The lowest BCUT2D eigenvalue weighted by Crippen LogP contribution is -2.44. The molecule has 0 spiro atoms. The Bertz CT molecular complexity index is 997. The Labute approximate surface area is 179 Å². The Morgan fingerprint density at radius 1 is 1.10 bits per heavy atom. The number of benzene rings is 2. The number of para-hydroxylation sites is 1. The van der Waals surface area contributed by atoms with Crippen LogP contribution in [0.2, 0.25) is 0 Å². The predicted molar refractivity (Wildman–Crippen MR) is 120 cm³/mol. The summed E-state index contributed by atoms with van der Waals surface area (Å²) in [6.07, 6.45) is 2.94. The van der Waals surface area contributed by atoms with Crippen molar-refractivity contribution in [3.63, 3.8) is 0 Å². The molecular formula is C23H31N3O3S. The van der Waals surface area contributed by atoms with Crippen LogP contribution in [-0.4, -0.2) is 44.9 Å². The molecule has 30 heavy (non-hydrogen) atoms. The highest BCUT2D eigenvalue weighted by Crippen LogP contribution is 2.23. The number of carbonyl (C=O) groups excluding carboxylic acids is 1. The molecule has 1 aliphatic heterocycles. The van der Waals surface area contributed by atoms with Gasteiger partial charge < -0.3 is 10.2 Å². The molecular weight excluding hydrogens is 398 g/mol. The van der Waals surface area contributed by atoms with E-state index in [0.717, 1.165) is 44.5 Å². The summed E-state index contributed by atoms with van der Waals surface area (Å²) < 4.78 is 28.6. The van der Waals surface area contributed by atoms with Crippen LogP contribution in [-0.2, 0) is 10.0 Å². The van der Waals surface area contributed by atoms with Crippen molar-refractivity contribution in [2.24, 2.45) is 0 Å². The van der Waals surface area contributed by atoms with Crippen LogP contribution in [0, 0.1) is 13.8 Å². The summed E-state index contributed by atoms with van der Waals surface area (Å²) in [5.74, 6) is -0.247. The van der Waals surface area contributed by atoms with Gasteiger partial charge in [0.05, 0.1) is 16.1 Å². The molecule has 162 valence electrons. The standard InChI is InChI=1S/C23H31N3O3S/c1-4-13-26-14-11-19(12-15-26)24-23(27)20-7-5-6-8-21(20)25-30(28,29)22-16-17(2)9-10-18(22)3/h5-10,16,19,25H,4,11-15H2,1-3H3,(H,24,27). The summed E-state index contributed by atoms with van der Waals surface area (Å²) in [6.45, 7) is 8.82. The zero-order valence-electron chi connectivity index (χ0n) is 17.9. The molecule has 0 saturated carbocycles. The van der Waals surface area contributed by atoms with E-state index in [1.54, 1.807) is 43.3 Å². The van der Waals surface area contributed by atoms with E-state index < -0.39 is 10.0 Å². The van der Waals surface area contributed by atoms with Gasteiger partial charge in [0.15, 0.2) is 0 Å². The molecule has 1 saturated heterocycles. The summed E-state index contributed by atoms with van der Waals surface area (Å²) in [5.41, 5.74) is 2.15. The maximum absolute atomic E-state index is 13.0. The monoisotopic (exact) mass is 429 g/mol. The Morgan fingerprint density at radius 3 is 2.50 bits per heavy atom. The second-order valence-corrected chi connectivity index (χ2v) is 9.66. The average Bonchev–Trinajstić information content (AvgIpc) is 2.71. The molecule has 7 heteroatoms. The molecule has 3 rings (SSSR count). The van der Waals surface area contributed by atoms with E-state index in [1.165, 1.54) is 0 Å². The number of aryl methyl sites for hydroxylation is 2. The van der Waals surface area contributed by atoms with Gasteiger partial charge in [0, 0.05) is 19.1 Å². The van der Waals surface area contributed by atoms with E-state index >= 15 is 0 Å². The van der Waals surface area contributed by atoms with Crippen molar-refractivity contribution in [2.75, 3.05) is 24.4 Å². The minimum atomic E-state index is -3.81. The number of hydrogen-bond donors (Lipinski definition) is 2. The van der Waals surface area contributed by atoms with E-state index in [0.29, 0.717) is 16.8 Å². The van der Waals surface area contributed by atoms with Gasteiger partial charge in [-0.15, -0.1) is 0 Å². The van der Waals surface area contributed by atoms with Crippen molar-refractivity contribution in [1.29, 1.82) is 0 Å². The van der Waals surface area contributed by atoms with E-state index in [4.69, 9.17) is 0 Å². The van der Waals surface area contributed by atoms with Crippen LogP contribution in [0.3, 0.4) is 0 Å². The topological polar surface area (TPSA) is 78.5 Å². The quantitative estimate of drug-likeness (QED) is 0.703. The van der Waals surface area contributed by atoms with Crippen LogP contribution in [0.15, 0.2) is 47.4 Å². The number of nitrogens with zero attached hydrogens (tertiary/aromatic N) is 1. The highest BCUT2D eigenvalue weighted by Gasteiger charge is 2.24. The molecule has 0 bridgehead atoms. The summed E-state index contributed by atoms with van der Waals surface area (Å²) in [6, 6.07) is 12.2. The fourth-order valence-electron chi connectivity index (χ4n) is 3.85. The highest BCUT2D eigenvalue weighted by molar-refractivity contribution is 7.92. The van der Waals surface area contributed by atoms with Crippen LogP contribution >= 0.6 is 0 Å². The highest BCUT2D eigenvalue weighted by atomic mass is 32.2. The number of carbonyl (C=O) groups is 1. The third-order valence-electron chi connectivity index (χ3n) is 5.51. The Kier molecular flexibility index (Phi) is 7.15. The number of nitrogens with one attached hydrogen (secondary N) is 2. The third-order valence-corrected chi connectivity index (χ3v) is 7.02. The average molecular weight is 430 g/mol. The number of amides is 1. The molecule has 0 aromatic heterocycles. The van der Waals surface area contributed by atoms with Crippen LogP contribution in [0.1, 0.15) is 47.7 Å². The van der Waals surface area contributed by atoms with E-state index in [-0.39, 0.29) is 16.8 Å². The molecule has 0 unspecified atom stereocenters. The van der Waals surface area contributed by atoms with Gasteiger partial charge in [-0.25, -0.2) is 8.42 Å². The second-order valence-electron chi connectivity index (χ2n) is 8.01. The van der Waals surface area contributed by atoms with Gasteiger partial charge in [0.1, 0.15) is 0 Å². The van der Waals surface area contributed by atoms with Crippen LogP contribution in [0.25, 0.3) is 0 Å². The molecule has 2 aromatic carbocycles. The van der Waals surface area contributed by atoms with Crippen molar-refractivity contribution in [1.82, 2.24) is 10.2 Å². The molecule has 0 radical (unpaired) electrons. The van der Waals surface area contributed by atoms with Gasteiger partial charge in [-0.2, -0.15) is 0 Å². The van der Waals surface area contributed by atoms with Gasteiger partial charge in [-0.3, -0.25) is 9.52 Å². The molecule has 1 amide bonds. The smallest absolute Gasteiger partial charge is 0.262 e. The Morgan fingerprint density at radius 2 is 1.80 bits per heavy atom. The lowest BCUT2D eigenvalue weighted by Gasteiger charge is -2.32. The zero-order chi connectivity index (χ0) is 21.7. The number of rotatable bonds is 7. The maximum atomic E-state index is 13.0. The van der Waals surface area contributed by atoms with E-state index in [9.17, 15) is 13.2 Å². The van der Waals surface area contributed by atoms with E-state index in [2.05, 4.69) is 21.9 Å². The minimum Gasteiger partial charge on any atom is -0.349 e. The maximum Gasteiger partial charge on any atom is 0.262 e. The van der Waals surface area contributed by atoms with Gasteiger partial charge >= 0.3 is 0 Å². The summed E-state index contributed by atoms with van der Waals surface area (Å²) >= 11 is 0. The van der Waals surface area contributed by atoms with Crippen molar-refractivity contribution in [3.05, 3.63) is 59.2 Å². The molecule has 1 aliphatic rings. The van der Waals surface area contributed by atoms with Crippen LogP contribution in [0.4, 0.5) is 5.69 Å². The van der Waals surface area contributed by atoms with Gasteiger partial charge in [0.2, 0.25) is 0 Å². The molecule has 2 aromatic rings. The van der Waals surface area contributed by atoms with Crippen molar-refractivity contribution in [3.8, 4) is 0 Å². The third kappa shape index (κ3) is 5.40. The zero-order valence-corrected chi connectivity index (χ0v) is 18.8. The fraction of sp³-hybridized carbons (Fsp3) is 0.435. The molecule has 0 atom stereocenters. The number of sulfonamides is 1. The summed E-state index contributed by atoms with van der Waals surface area (Å²) in [5, 5.41) is 3.08. The number of likely N-dealkylation sites (tertiary alicyclic amines) is 1. The molecule has 2 N–H and O–H groups in total. The fourth-order valence-corrected chi connectivity index (χ4v) is 5.26. The second kappa shape index (κ2) is 9.62. The first-order chi connectivity index (χ1) is 14.3. The van der Waals surface area contributed by atoms with Gasteiger partial charge in [-0.05, 0) is 69.0 Å². The molecule has 1 fully saturated rings. The van der Waals surface area contributed by atoms with Crippen LogP contribution in [0.5, 0.6) is 0 Å². The van der Waals surface area contributed by atoms with Gasteiger partial charge in [0.25, 0.3) is 15.9 Å².